The molecule has 2 aromatic rings. The molecule has 0 atom stereocenters. The van der Waals surface area contributed by atoms with E-state index in [4.69, 9.17) is 4.74 Å². The summed E-state index contributed by atoms with van der Waals surface area (Å²) in [6, 6.07) is 9.87. The van der Waals surface area contributed by atoms with E-state index >= 15 is 0 Å². The van der Waals surface area contributed by atoms with Crippen LogP contribution in [0.25, 0.3) is 0 Å². The Morgan fingerprint density at radius 2 is 1.95 bits per heavy atom. The highest BCUT2D eigenvalue weighted by atomic mass is 79.9. The van der Waals surface area contributed by atoms with Crippen LogP contribution in [-0.4, -0.2) is 6.29 Å². The number of carbonyl (C=O) groups excluding carboxylic acids is 1. The summed E-state index contributed by atoms with van der Waals surface area (Å²) in [4.78, 5) is 10.9. The van der Waals surface area contributed by atoms with E-state index in [1.54, 1.807) is 30.3 Å². The van der Waals surface area contributed by atoms with Gasteiger partial charge < -0.3 is 4.74 Å². The lowest BCUT2D eigenvalue weighted by atomic mass is 10.2. The van der Waals surface area contributed by atoms with Crippen molar-refractivity contribution in [1.82, 2.24) is 0 Å². The third-order valence-electron chi connectivity index (χ3n) is 2.49. The quantitative estimate of drug-likeness (QED) is 0.708. The van der Waals surface area contributed by atoms with Gasteiger partial charge in [-0.25, -0.2) is 4.39 Å². The number of carbonyl (C=O) groups is 1. The first-order valence-corrected chi connectivity index (χ1v) is 7.01. The minimum absolute atomic E-state index is 0.252. The highest BCUT2D eigenvalue weighted by molar-refractivity contribution is 9.10. The predicted octanol–water partition coefficient (Wildman–Crippen LogP) is 4.74. The van der Waals surface area contributed by atoms with Crippen molar-refractivity contribution in [3.63, 3.8) is 0 Å². The number of para-hydroxylation sites is 1. The van der Waals surface area contributed by atoms with Gasteiger partial charge in [0, 0.05) is 0 Å². The fourth-order valence-electron chi connectivity index (χ4n) is 1.56. The second kappa shape index (κ2) is 6.30. The Kier molecular flexibility index (Phi) is 4.71. The van der Waals surface area contributed by atoms with Gasteiger partial charge in [-0.1, -0.05) is 12.1 Å². The van der Waals surface area contributed by atoms with E-state index in [-0.39, 0.29) is 12.4 Å². The first kappa shape index (κ1) is 14.2. The summed E-state index contributed by atoms with van der Waals surface area (Å²) in [6.07, 6.45) is 0.737. The first-order chi connectivity index (χ1) is 9.11. The van der Waals surface area contributed by atoms with Crippen LogP contribution in [0.5, 0.6) is 5.75 Å². The molecular formula is C14H9Br2FO2. The summed E-state index contributed by atoms with van der Waals surface area (Å²) in [5.41, 5.74) is 1.27. The van der Waals surface area contributed by atoms with Gasteiger partial charge in [-0.3, -0.25) is 4.79 Å². The van der Waals surface area contributed by atoms with Crippen LogP contribution in [0.4, 0.5) is 4.39 Å². The minimum atomic E-state index is -0.321. The third kappa shape index (κ3) is 3.42. The molecule has 0 radical (unpaired) electrons. The molecule has 0 aliphatic heterocycles. The maximum atomic E-state index is 13.1. The summed E-state index contributed by atoms with van der Waals surface area (Å²) in [5.74, 6) is 0.163. The molecule has 0 amide bonds. The van der Waals surface area contributed by atoms with Crippen molar-refractivity contribution in [2.75, 3.05) is 0 Å². The van der Waals surface area contributed by atoms with Gasteiger partial charge in [-0.15, -0.1) is 0 Å². The molecule has 2 nitrogen and oxygen atoms in total. The standard InChI is InChI=1S/C14H9Br2FO2/c15-11-3-1-2-10(7-18)14(11)19-8-9-4-5-13(17)12(16)6-9/h1-7H,8H2. The number of rotatable bonds is 4. The lowest BCUT2D eigenvalue weighted by Gasteiger charge is -2.10. The van der Waals surface area contributed by atoms with Gasteiger partial charge in [0.1, 0.15) is 18.2 Å². The van der Waals surface area contributed by atoms with Crippen LogP contribution >= 0.6 is 31.9 Å². The van der Waals surface area contributed by atoms with Crippen LogP contribution in [0.2, 0.25) is 0 Å². The van der Waals surface area contributed by atoms with Crippen molar-refractivity contribution in [3.05, 3.63) is 62.3 Å². The smallest absolute Gasteiger partial charge is 0.153 e. The molecule has 0 aliphatic carbocycles. The molecule has 0 unspecified atom stereocenters. The van der Waals surface area contributed by atoms with E-state index in [9.17, 15) is 9.18 Å². The number of benzene rings is 2. The highest BCUT2D eigenvalue weighted by Gasteiger charge is 2.08. The van der Waals surface area contributed by atoms with E-state index in [1.807, 2.05) is 0 Å². The Morgan fingerprint density at radius 1 is 1.16 bits per heavy atom. The Labute approximate surface area is 126 Å². The average molecular weight is 388 g/mol. The van der Waals surface area contributed by atoms with Gasteiger partial charge in [0.25, 0.3) is 0 Å². The fraction of sp³-hybridized carbons (Fsp3) is 0.0714. The molecule has 19 heavy (non-hydrogen) atoms. The molecule has 0 spiro atoms. The molecule has 0 aliphatic rings. The zero-order chi connectivity index (χ0) is 13.8. The summed E-state index contributed by atoms with van der Waals surface area (Å²) in [6.45, 7) is 0.252. The van der Waals surface area contributed by atoms with Gasteiger partial charge in [-0.2, -0.15) is 0 Å². The van der Waals surface area contributed by atoms with Crippen LogP contribution in [0, 0.1) is 5.82 Å². The molecule has 2 rings (SSSR count). The van der Waals surface area contributed by atoms with Crippen molar-refractivity contribution < 1.29 is 13.9 Å². The molecule has 0 N–H and O–H groups in total. The maximum absolute atomic E-state index is 13.1. The third-order valence-corrected chi connectivity index (χ3v) is 3.72. The minimum Gasteiger partial charge on any atom is -0.487 e. The Morgan fingerprint density at radius 3 is 2.63 bits per heavy atom. The predicted molar refractivity (Wildman–Crippen MR) is 78.0 cm³/mol. The normalized spacial score (nSPS) is 10.3. The molecule has 5 heteroatoms. The van der Waals surface area contributed by atoms with E-state index in [1.165, 1.54) is 6.07 Å². The van der Waals surface area contributed by atoms with Crippen LogP contribution in [0.1, 0.15) is 15.9 Å². The van der Waals surface area contributed by atoms with Crippen LogP contribution in [0.3, 0.4) is 0 Å². The molecule has 0 aromatic heterocycles. The number of hydrogen-bond donors (Lipinski definition) is 0. The maximum Gasteiger partial charge on any atom is 0.153 e. The number of ether oxygens (including phenoxy) is 1. The molecule has 0 saturated heterocycles. The summed E-state index contributed by atoms with van der Waals surface area (Å²) in [7, 11) is 0. The first-order valence-electron chi connectivity index (χ1n) is 5.42. The zero-order valence-corrected chi connectivity index (χ0v) is 12.9. The van der Waals surface area contributed by atoms with E-state index in [2.05, 4.69) is 31.9 Å². The van der Waals surface area contributed by atoms with Crippen molar-refractivity contribution >= 4 is 38.1 Å². The highest BCUT2D eigenvalue weighted by Crippen LogP contribution is 2.29. The molecule has 98 valence electrons. The van der Waals surface area contributed by atoms with Gasteiger partial charge in [0.05, 0.1) is 14.5 Å². The monoisotopic (exact) mass is 386 g/mol. The zero-order valence-electron chi connectivity index (χ0n) is 9.70. The van der Waals surface area contributed by atoms with E-state index in [0.29, 0.717) is 20.3 Å². The van der Waals surface area contributed by atoms with Crippen LogP contribution < -0.4 is 4.74 Å². The Bertz CT molecular complexity index is 614. The topological polar surface area (TPSA) is 26.3 Å². The molecular weight excluding hydrogens is 379 g/mol. The molecule has 0 heterocycles. The lowest BCUT2D eigenvalue weighted by molar-refractivity contribution is 0.111. The number of aldehydes is 1. The van der Waals surface area contributed by atoms with Crippen LogP contribution in [-0.2, 0) is 6.61 Å². The summed E-state index contributed by atoms with van der Waals surface area (Å²) >= 11 is 6.45. The van der Waals surface area contributed by atoms with E-state index in [0.717, 1.165) is 11.8 Å². The average Bonchev–Trinajstić information content (AvgIpc) is 2.41. The van der Waals surface area contributed by atoms with Crippen molar-refractivity contribution in [3.8, 4) is 5.75 Å². The van der Waals surface area contributed by atoms with Crippen LogP contribution in [0.15, 0.2) is 45.3 Å². The molecule has 0 bridgehead atoms. The van der Waals surface area contributed by atoms with Gasteiger partial charge >= 0.3 is 0 Å². The molecule has 0 saturated carbocycles. The largest absolute Gasteiger partial charge is 0.487 e. The van der Waals surface area contributed by atoms with Gasteiger partial charge in [0.15, 0.2) is 6.29 Å². The van der Waals surface area contributed by atoms with E-state index < -0.39 is 0 Å². The lowest BCUT2D eigenvalue weighted by Crippen LogP contribution is -1.99. The van der Waals surface area contributed by atoms with Crippen molar-refractivity contribution in [2.45, 2.75) is 6.61 Å². The summed E-state index contributed by atoms with van der Waals surface area (Å²) < 4.78 is 19.8. The number of halogens is 3. The van der Waals surface area contributed by atoms with Crippen molar-refractivity contribution in [1.29, 1.82) is 0 Å². The SMILES string of the molecule is O=Cc1cccc(Br)c1OCc1ccc(F)c(Br)c1. The Balaban J connectivity index is 2.18. The van der Waals surface area contributed by atoms with Gasteiger partial charge in [0.2, 0.25) is 0 Å². The molecule has 2 aromatic carbocycles. The second-order valence-electron chi connectivity index (χ2n) is 3.81. The fourth-order valence-corrected chi connectivity index (χ4v) is 2.48. The number of hydrogen-bond acceptors (Lipinski definition) is 2. The van der Waals surface area contributed by atoms with Crippen molar-refractivity contribution in [2.24, 2.45) is 0 Å². The second-order valence-corrected chi connectivity index (χ2v) is 5.52. The summed E-state index contributed by atoms with van der Waals surface area (Å²) in [5, 5.41) is 0. The molecule has 0 fully saturated rings. The van der Waals surface area contributed by atoms with Gasteiger partial charge in [-0.05, 0) is 61.7 Å². The Hall–Kier alpha value is -1.20.